The summed E-state index contributed by atoms with van der Waals surface area (Å²) in [5.74, 6) is 0.268. The molecular weight excluding hydrogens is 307 g/mol. The van der Waals surface area contributed by atoms with Crippen LogP contribution in [0.15, 0.2) is 39.0 Å². The van der Waals surface area contributed by atoms with Crippen molar-refractivity contribution < 1.29 is 4.39 Å². The monoisotopic (exact) mass is 320 g/mol. The molecule has 0 saturated heterocycles. The summed E-state index contributed by atoms with van der Waals surface area (Å²) in [4.78, 5) is 28.1. The highest BCUT2D eigenvalue weighted by molar-refractivity contribution is 7.99. The third-order valence-electron chi connectivity index (χ3n) is 2.87. The number of halogens is 1. The lowest BCUT2D eigenvalue weighted by molar-refractivity contribution is 0.532. The van der Waals surface area contributed by atoms with E-state index in [0.717, 1.165) is 4.57 Å². The quantitative estimate of drug-likeness (QED) is 0.774. The van der Waals surface area contributed by atoms with Gasteiger partial charge in [-0.1, -0.05) is 30.8 Å². The van der Waals surface area contributed by atoms with Crippen molar-refractivity contribution in [3.63, 3.8) is 0 Å². The molecule has 2 rings (SSSR count). The average Bonchev–Trinajstić information content (AvgIpc) is 2.50. The smallest absolute Gasteiger partial charge is 0.268 e. The van der Waals surface area contributed by atoms with Gasteiger partial charge in [0.15, 0.2) is 5.16 Å². The van der Waals surface area contributed by atoms with Crippen LogP contribution in [0.1, 0.15) is 12.5 Å². The van der Waals surface area contributed by atoms with Gasteiger partial charge in [-0.2, -0.15) is 10.2 Å². The van der Waals surface area contributed by atoms with E-state index in [1.807, 2.05) is 6.92 Å². The second kappa shape index (κ2) is 7.04. The Morgan fingerprint density at radius 3 is 2.55 bits per heavy atom. The van der Waals surface area contributed by atoms with Gasteiger partial charge in [-0.25, -0.2) is 18.5 Å². The summed E-state index contributed by atoms with van der Waals surface area (Å²) in [7, 11) is 0. The summed E-state index contributed by atoms with van der Waals surface area (Å²) in [6.45, 7) is 1.67. The van der Waals surface area contributed by atoms with E-state index in [0.29, 0.717) is 11.3 Å². The molecule has 114 valence electrons. The van der Waals surface area contributed by atoms with Crippen LogP contribution < -0.4 is 11.4 Å². The molecule has 0 aliphatic carbocycles. The van der Waals surface area contributed by atoms with E-state index < -0.39 is 11.4 Å². The summed E-state index contributed by atoms with van der Waals surface area (Å²) in [6, 6.07) is 7.48. The Kier molecular flexibility index (Phi) is 5.12. The van der Waals surface area contributed by atoms with Gasteiger partial charge in [0, 0.05) is 0 Å². The molecule has 0 aliphatic heterocycles. The van der Waals surface area contributed by atoms with Gasteiger partial charge >= 0.3 is 11.4 Å². The molecule has 0 unspecified atom stereocenters. The third kappa shape index (κ3) is 3.43. The van der Waals surface area contributed by atoms with Crippen LogP contribution in [0.25, 0.3) is 0 Å². The van der Waals surface area contributed by atoms with Gasteiger partial charge in [0.05, 0.1) is 12.6 Å². The van der Waals surface area contributed by atoms with E-state index in [1.54, 1.807) is 18.2 Å². The number of nitrogens with zero attached hydrogens (tertiary/aromatic N) is 4. The van der Waals surface area contributed by atoms with Crippen molar-refractivity contribution in [1.82, 2.24) is 14.1 Å². The number of benzene rings is 1. The van der Waals surface area contributed by atoms with E-state index in [2.05, 4.69) is 4.98 Å². The van der Waals surface area contributed by atoms with Crippen LogP contribution >= 0.6 is 11.8 Å². The van der Waals surface area contributed by atoms with Crippen molar-refractivity contribution in [2.45, 2.75) is 25.2 Å². The Bertz CT molecular complexity index is 821. The third-order valence-corrected chi connectivity index (χ3v) is 3.73. The van der Waals surface area contributed by atoms with Crippen molar-refractivity contribution in [2.24, 2.45) is 0 Å². The maximum Gasteiger partial charge on any atom is 0.355 e. The minimum absolute atomic E-state index is 0.153. The van der Waals surface area contributed by atoms with Crippen molar-refractivity contribution >= 4 is 11.8 Å². The van der Waals surface area contributed by atoms with Crippen molar-refractivity contribution in [3.8, 4) is 6.07 Å². The van der Waals surface area contributed by atoms with Gasteiger partial charge in [-0.05, 0) is 23.4 Å². The van der Waals surface area contributed by atoms with Gasteiger partial charge in [0.25, 0.3) is 0 Å². The molecule has 1 aromatic heterocycles. The SMILES string of the molecule is CCSc1nc(=O)n(CC#N)c(=O)n1Cc1ccc(F)cc1. The first-order valence-corrected chi connectivity index (χ1v) is 7.51. The first kappa shape index (κ1) is 16.0. The fraction of sp³-hybridized carbons (Fsp3) is 0.286. The summed E-state index contributed by atoms with van der Waals surface area (Å²) in [6.07, 6.45) is 0. The van der Waals surface area contributed by atoms with Crippen LogP contribution in [0.2, 0.25) is 0 Å². The molecule has 0 spiro atoms. The van der Waals surface area contributed by atoms with E-state index in [-0.39, 0.29) is 24.1 Å². The van der Waals surface area contributed by atoms with E-state index in [4.69, 9.17) is 5.26 Å². The first-order chi connectivity index (χ1) is 10.6. The average molecular weight is 320 g/mol. The molecular formula is C14H13FN4O2S. The molecule has 0 bridgehead atoms. The van der Waals surface area contributed by atoms with Crippen molar-refractivity contribution in [1.29, 1.82) is 5.26 Å². The van der Waals surface area contributed by atoms with E-state index >= 15 is 0 Å². The second-order valence-electron chi connectivity index (χ2n) is 4.35. The number of rotatable bonds is 5. The molecule has 2 aromatic rings. The maximum absolute atomic E-state index is 13.0. The number of hydrogen-bond donors (Lipinski definition) is 0. The highest BCUT2D eigenvalue weighted by atomic mass is 32.2. The first-order valence-electron chi connectivity index (χ1n) is 6.52. The lowest BCUT2D eigenvalue weighted by atomic mass is 10.2. The normalized spacial score (nSPS) is 10.4. The molecule has 0 radical (unpaired) electrons. The Labute approximate surface area is 129 Å². The molecule has 0 fully saturated rings. The number of aromatic nitrogens is 3. The highest BCUT2D eigenvalue weighted by Crippen LogP contribution is 2.13. The van der Waals surface area contributed by atoms with Gasteiger partial charge in [0.2, 0.25) is 0 Å². The molecule has 0 aliphatic rings. The second-order valence-corrected chi connectivity index (χ2v) is 5.58. The molecule has 1 heterocycles. The maximum atomic E-state index is 13.0. The zero-order valence-electron chi connectivity index (χ0n) is 11.8. The van der Waals surface area contributed by atoms with Gasteiger partial charge in [-0.15, -0.1) is 0 Å². The summed E-state index contributed by atoms with van der Waals surface area (Å²) in [5, 5.41) is 9.01. The van der Waals surface area contributed by atoms with Crippen LogP contribution in [-0.4, -0.2) is 19.9 Å². The number of hydrogen-bond acceptors (Lipinski definition) is 5. The zero-order valence-corrected chi connectivity index (χ0v) is 12.6. The lowest BCUT2D eigenvalue weighted by Gasteiger charge is -2.12. The van der Waals surface area contributed by atoms with Crippen molar-refractivity contribution in [2.75, 3.05) is 5.75 Å². The van der Waals surface area contributed by atoms with Crippen LogP contribution in [-0.2, 0) is 13.1 Å². The van der Waals surface area contributed by atoms with E-state index in [1.165, 1.54) is 28.5 Å². The molecule has 6 nitrogen and oxygen atoms in total. The fourth-order valence-corrected chi connectivity index (χ4v) is 2.56. The topological polar surface area (TPSA) is 80.7 Å². The molecule has 0 N–H and O–H groups in total. The number of thioether (sulfide) groups is 1. The standard InChI is InChI=1S/C14H13FN4O2S/c1-2-22-13-17-12(20)18(8-7-16)14(21)19(13)9-10-3-5-11(15)6-4-10/h3-6H,2,8-9H2,1H3. The molecule has 1 aromatic carbocycles. The Hall–Kier alpha value is -2.40. The van der Waals surface area contributed by atoms with Crippen molar-refractivity contribution in [3.05, 3.63) is 56.6 Å². The number of nitriles is 1. The minimum atomic E-state index is -0.738. The highest BCUT2D eigenvalue weighted by Gasteiger charge is 2.13. The van der Waals surface area contributed by atoms with Gasteiger partial charge < -0.3 is 0 Å². The van der Waals surface area contributed by atoms with Crippen LogP contribution in [0, 0.1) is 17.1 Å². The summed E-state index contributed by atoms with van der Waals surface area (Å²) < 4.78 is 15.1. The van der Waals surface area contributed by atoms with Crippen LogP contribution in [0.5, 0.6) is 0 Å². The Morgan fingerprint density at radius 1 is 1.27 bits per heavy atom. The molecule has 0 saturated carbocycles. The summed E-state index contributed by atoms with van der Waals surface area (Å²) >= 11 is 1.26. The molecule has 0 amide bonds. The van der Waals surface area contributed by atoms with Crippen LogP contribution in [0.4, 0.5) is 4.39 Å². The lowest BCUT2D eigenvalue weighted by Crippen LogP contribution is -2.42. The van der Waals surface area contributed by atoms with Gasteiger partial charge in [-0.3, -0.25) is 4.57 Å². The zero-order chi connectivity index (χ0) is 16.1. The van der Waals surface area contributed by atoms with Crippen LogP contribution in [0.3, 0.4) is 0 Å². The molecule has 8 heteroatoms. The predicted molar refractivity (Wildman–Crippen MR) is 80.3 cm³/mol. The van der Waals surface area contributed by atoms with E-state index in [9.17, 15) is 14.0 Å². The predicted octanol–water partition coefficient (Wildman–Crippen LogP) is 1.23. The largest absolute Gasteiger partial charge is 0.355 e. The van der Waals surface area contributed by atoms with Gasteiger partial charge in [0.1, 0.15) is 12.4 Å². The molecule has 22 heavy (non-hydrogen) atoms. The summed E-state index contributed by atoms with van der Waals surface area (Å²) in [5.41, 5.74) is -0.634. The Morgan fingerprint density at radius 2 is 1.95 bits per heavy atom. The molecule has 0 atom stereocenters. The Balaban J connectivity index is 2.54. The fourth-order valence-electron chi connectivity index (χ4n) is 1.86. The minimum Gasteiger partial charge on any atom is -0.268 e.